The number of carbonyl (C=O) groups is 3. The summed E-state index contributed by atoms with van der Waals surface area (Å²) >= 11 is 0. The molecule has 0 aliphatic heterocycles. The molecule has 0 fully saturated rings. The van der Waals surface area contributed by atoms with Gasteiger partial charge in [-0.25, -0.2) is 0 Å². The Balaban J connectivity index is 1.92. The van der Waals surface area contributed by atoms with E-state index in [1.807, 2.05) is 6.92 Å². The molecule has 2 aromatic carbocycles. The third-order valence-electron chi connectivity index (χ3n) is 3.81. The molecule has 0 bridgehead atoms. The Kier molecular flexibility index (Phi) is 8.02. The van der Waals surface area contributed by atoms with Crippen molar-refractivity contribution < 1.29 is 23.9 Å². The van der Waals surface area contributed by atoms with Crippen molar-refractivity contribution in [1.29, 1.82) is 0 Å². The van der Waals surface area contributed by atoms with Crippen LogP contribution in [-0.4, -0.2) is 56.5 Å². The van der Waals surface area contributed by atoms with E-state index in [2.05, 4.69) is 10.6 Å². The van der Waals surface area contributed by atoms with Crippen LogP contribution in [0, 0.1) is 0 Å². The number of nitrogens with one attached hydrogen (secondary N) is 2. The minimum atomic E-state index is -0.314. The molecular weight excluding hydrogens is 374 g/mol. The Hall–Kier alpha value is -3.55. The van der Waals surface area contributed by atoms with Gasteiger partial charge >= 0.3 is 0 Å². The van der Waals surface area contributed by atoms with Crippen molar-refractivity contribution >= 4 is 23.4 Å². The molecule has 0 heterocycles. The second-order valence-electron chi connectivity index (χ2n) is 6.33. The van der Waals surface area contributed by atoms with E-state index in [-0.39, 0.29) is 30.9 Å². The van der Waals surface area contributed by atoms with Gasteiger partial charge in [0.1, 0.15) is 11.5 Å². The quantitative estimate of drug-likeness (QED) is 0.672. The Morgan fingerprint density at radius 3 is 2.28 bits per heavy atom. The number of rotatable bonds is 9. The van der Waals surface area contributed by atoms with Crippen LogP contribution < -0.4 is 20.1 Å². The smallest absolute Gasteiger partial charge is 0.259 e. The van der Waals surface area contributed by atoms with Crippen LogP contribution in [0.1, 0.15) is 17.3 Å². The zero-order valence-electron chi connectivity index (χ0n) is 16.7. The summed E-state index contributed by atoms with van der Waals surface area (Å²) < 4.78 is 10.8. The molecule has 2 rings (SSSR count). The maximum atomic E-state index is 12.5. The molecule has 29 heavy (non-hydrogen) atoms. The SMILES string of the molecule is CCNC(=O)COc1ccc(NC(=O)c2cccc(OCC(=O)N(C)C)c2)cc1. The summed E-state index contributed by atoms with van der Waals surface area (Å²) in [5.74, 6) is 0.274. The summed E-state index contributed by atoms with van der Waals surface area (Å²) in [6, 6.07) is 13.3. The predicted molar refractivity (Wildman–Crippen MR) is 109 cm³/mol. The van der Waals surface area contributed by atoms with E-state index in [0.29, 0.717) is 29.3 Å². The second-order valence-corrected chi connectivity index (χ2v) is 6.33. The van der Waals surface area contributed by atoms with E-state index < -0.39 is 0 Å². The molecule has 0 saturated heterocycles. The van der Waals surface area contributed by atoms with Crippen molar-refractivity contribution in [3.8, 4) is 11.5 Å². The number of benzene rings is 2. The van der Waals surface area contributed by atoms with Gasteiger partial charge < -0.3 is 25.0 Å². The van der Waals surface area contributed by atoms with Gasteiger partial charge in [0.2, 0.25) is 0 Å². The number of carbonyl (C=O) groups excluding carboxylic acids is 3. The second kappa shape index (κ2) is 10.7. The first kappa shape index (κ1) is 21.7. The van der Waals surface area contributed by atoms with E-state index in [1.54, 1.807) is 62.6 Å². The van der Waals surface area contributed by atoms with Crippen LogP contribution >= 0.6 is 0 Å². The highest BCUT2D eigenvalue weighted by atomic mass is 16.5. The van der Waals surface area contributed by atoms with Gasteiger partial charge in [0.05, 0.1) is 0 Å². The Bertz CT molecular complexity index is 850. The molecule has 0 atom stereocenters. The van der Waals surface area contributed by atoms with Crippen LogP contribution in [0.25, 0.3) is 0 Å². The Labute approximate surface area is 169 Å². The maximum Gasteiger partial charge on any atom is 0.259 e. The van der Waals surface area contributed by atoms with Gasteiger partial charge in [-0.15, -0.1) is 0 Å². The van der Waals surface area contributed by atoms with Gasteiger partial charge in [-0.2, -0.15) is 0 Å². The summed E-state index contributed by atoms with van der Waals surface area (Å²) in [4.78, 5) is 36.9. The van der Waals surface area contributed by atoms with E-state index in [0.717, 1.165) is 0 Å². The maximum absolute atomic E-state index is 12.5. The highest BCUT2D eigenvalue weighted by molar-refractivity contribution is 6.04. The minimum Gasteiger partial charge on any atom is -0.484 e. The van der Waals surface area contributed by atoms with Gasteiger partial charge in [0, 0.05) is 31.9 Å². The highest BCUT2D eigenvalue weighted by Crippen LogP contribution is 2.18. The fraction of sp³-hybridized carbons (Fsp3) is 0.286. The van der Waals surface area contributed by atoms with Gasteiger partial charge in [-0.05, 0) is 49.4 Å². The summed E-state index contributed by atoms with van der Waals surface area (Å²) in [5, 5.41) is 5.42. The fourth-order valence-corrected chi connectivity index (χ4v) is 2.24. The third-order valence-corrected chi connectivity index (χ3v) is 3.81. The van der Waals surface area contributed by atoms with E-state index in [9.17, 15) is 14.4 Å². The number of anilines is 1. The van der Waals surface area contributed by atoms with Crippen LogP contribution in [0.5, 0.6) is 11.5 Å². The topological polar surface area (TPSA) is 97.0 Å². The lowest BCUT2D eigenvalue weighted by Crippen LogP contribution is -2.28. The number of hydrogen-bond donors (Lipinski definition) is 2. The number of hydrogen-bond acceptors (Lipinski definition) is 5. The average molecular weight is 399 g/mol. The van der Waals surface area contributed by atoms with Crippen molar-refractivity contribution in [2.24, 2.45) is 0 Å². The standard InChI is InChI=1S/C21H25N3O5/c1-4-22-19(25)13-28-17-10-8-16(9-11-17)23-21(27)15-6-5-7-18(12-15)29-14-20(26)24(2)3/h5-12H,4,13-14H2,1-3H3,(H,22,25)(H,23,27). The summed E-state index contributed by atoms with van der Waals surface area (Å²) in [6.07, 6.45) is 0. The number of ether oxygens (including phenoxy) is 2. The minimum absolute atomic E-state index is 0.0668. The van der Waals surface area contributed by atoms with Gasteiger partial charge in [0.15, 0.2) is 13.2 Å². The first-order valence-corrected chi connectivity index (χ1v) is 9.13. The van der Waals surface area contributed by atoms with Gasteiger partial charge in [-0.1, -0.05) is 6.07 Å². The third kappa shape index (κ3) is 7.17. The monoisotopic (exact) mass is 399 g/mol. The lowest BCUT2D eigenvalue weighted by molar-refractivity contribution is -0.130. The van der Waals surface area contributed by atoms with Crippen LogP contribution in [0.15, 0.2) is 48.5 Å². The molecule has 3 amide bonds. The van der Waals surface area contributed by atoms with Crippen molar-refractivity contribution in [3.05, 3.63) is 54.1 Å². The fourth-order valence-electron chi connectivity index (χ4n) is 2.24. The lowest BCUT2D eigenvalue weighted by atomic mass is 10.2. The molecule has 2 N–H and O–H groups in total. The largest absolute Gasteiger partial charge is 0.484 e. The summed E-state index contributed by atoms with van der Waals surface area (Å²) in [7, 11) is 3.29. The first-order valence-electron chi connectivity index (χ1n) is 9.13. The number of amides is 3. The summed E-state index contributed by atoms with van der Waals surface area (Å²) in [6.45, 7) is 2.21. The molecule has 0 aliphatic rings. The normalized spacial score (nSPS) is 10.0. The average Bonchev–Trinajstić information content (AvgIpc) is 2.71. The molecule has 0 aromatic heterocycles. The molecule has 0 saturated carbocycles. The van der Waals surface area contributed by atoms with Crippen LogP contribution in [-0.2, 0) is 9.59 Å². The molecule has 8 nitrogen and oxygen atoms in total. The van der Waals surface area contributed by atoms with Crippen LogP contribution in [0.4, 0.5) is 5.69 Å². The zero-order valence-corrected chi connectivity index (χ0v) is 16.7. The molecular formula is C21H25N3O5. The molecule has 8 heteroatoms. The molecule has 0 unspecified atom stereocenters. The molecule has 154 valence electrons. The van der Waals surface area contributed by atoms with Gasteiger partial charge in [0.25, 0.3) is 17.7 Å². The predicted octanol–water partition coefficient (Wildman–Crippen LogP) is 1.92. The first-order chi connectivity index (χ1) is 13.9. The van der Waals surface area contributed by atoms with E-state index in [1.165, 1.54) is 4.90 Å². The zero-order chi connectivity index (χ0) is 21.2. The van der Waals surface area contributed by atoms with Crippen molar-refractivity contribution in [2.75, 3.05) is 39.2 Å². The van der Waals surface area contributed by atoms with Gasteiger partial charge in [-0.3, -0.25) is 14.4 Å². The van der Waals surface area contributed by atoms with Crippen molar-refractivity contribution in [1.82, 2.24) is 10.2 Å². The molecule has 2 aromatic rings. The number of nitrogens with zero attached hydrogens (tertiary/aromatic N) is 1. The van der Waals surface area contributed by atoms with Crippen LogP contribution in [0.3, 0.4) is 0 Å². The molecule has 0 spiro atoms. The van der Waals surface area contributed by atoms with E-state index in [4.69, 9.17) is 9.47 Å². The van der Waals surface area contributed by atoms with Crippen LogP contribution in [0.2, 0.25) is 0 Å². The Morgan fingerprint density at radius 2 is 1.62 bits per heavy atom. The molecule has 0 aliphatic carbocycles. The van der Waals surface area contributed by atoms with Crippen molar-refractivity contribution in [2.45, 2.75) is 6.92 Å². The highest BCUT2D eigenvalue weighted by Gasteiger charge is 2.10. The van der Waals surface area contributed by atoms with E-state index >= 15 is 0 Å². The Morgan fingerprint density at radius 1 is 0.931 bits per heavy atom. The van der Waals surface area contributed by atoms with Crippen molar-refractivity contribution in [3.63, 3.8) is 0 Å². The lowest BCUT2D eigenvalue weighted by Gasteiger charge is -2.12. The molecule has 0 radical (unpaired) electrons. The number of likely N-dealkylation sites (N-methyl/N-ethyl adjacent to an activating group) is 2. The summed E-state index contributed by atoms with van der Waals surface area (Å²) in [5.41, 5.74) is 0.978.